The predicted molar refractivity (Wildman–Crippen MR) is 72.1 cm³/mol. The molecule has 0 unspecified atom stereocenters. The SMILES string of the molecule is Cc1c(CO)cccc1S(=O)(=O)Nc1ccncc1. The van der Waals surface area contributed by atoms with E-state index in [0.717, 1.165) is 0 Å². The van der Waals surface area contributed by atoms with Crippen LogP contribution in [0.2, 0.25) is 0 Å². The Morgan fingerprint density at radius 1 is 1.21 bits per heavy atom. The van der Waals surface area contributed by atoms with E-state index in [1.54, 1.807) is 31.2 Å². The zero-order valence-electron chi connectivity index (χ0n) is 10.4. The Labute approximate surface area is 112 Å². The molecule has 19 heavy (non-hydrogen) atoms. The summed E-state index contributed by atoms with van der Waals surface area (Å²) in [6.07, 6.45) is 3.02. The summed E-state index contributed by atoms with van der Waals surface area (Å²) in [6, 6.07) is 7.96. The normalized spacial score (nSPS) is 11.3. The first kappa shape index (κ1) is 13.5. The van der Waals surface area contributed by atoms with Crippen LogP contribution in [-0.2, 0) is 16.6 Å². The van der Waals surface area contributed by atoms with E-state index < -0.39 is 10.0 Å². The van der Waals surface area contributed by atoms with Crippen LogP contribution in [0.25, 0.3) is 0 Å². The lowest BCUT2D eigenvalue weighted by molar-refractivity contribution is 0.280. The summed E-state index contributed by atoms with van der Waals surface area (Å²) in [4.78, 5) is 3.99. The molecule has 0 saturated heterocycles. The number of aliphatic hydroxyl groups excluding tert-OH is 1. The van der Waals surface area contributed by atoms with Crippen molar-refractivity contribution < 1.29 is 13.5 Å². The largest absolute Gasteiger partial charge is 0.392 e. The van der Waals surface area contributed by atoms with Crippen LogP contribution >= 0.6 is 0 Å². The van der Waals surface area contributed by atoms with E-state index in [-0.39, 0.29) is 11.5 Å². The Balaban J connectivity index is 2.40. The number of aromatic nitrogens is 1. The van der Waals surface area contributed by atoms with E-state index in [1.165, 1.54) is 18.5 Å². The quantitative estimate of drug-likeness (QED) is 0.892. The molecule has 0 bridgehead atoms. The second kappa shape index (κ2) is 5.38. The molecule has 1 heterocycles. The third-order valence-corrected chi connectivity index (χ3v) is 4.31. The van der Waals surface area contributed by atoms with Crippen molar-refractivity contribution in [1.82, 2.24) is 4.98 Å². The second-order valence-corrected chi connectivity index (χ2v) is 5.69. The molecule has 100 valence electrons. The van der Waals surface area contributed by atoms with Gasteiger partial charge in [0.2, 0.25) is 0 Å². The summed E-state index contributed by atoms with van der Waals surface area (Å²) in [5.74, 6) is 0. The van der Waals surface area contributed by atoms with E-state index in [4.69, 9.17) is 0 Å². The lowest BCUT2D eigenvalue weighted by Crippen LogP contribution is -2.15. The minimum absolute atomic E-state index is 0.163. The lowest BCUT2D eigenvalue weighted by atomic mass is 10.1. The first-order valence-electron chi connectivity index (χ1n) is 5.67. The fraction of sp³-hybridized carbons (Fsp3) is 0.154. The highest BCUT2D eigenvalue weighted by Gasteiger charge is 2.18. The summed E-state index contributed by atoms with van der Waals surface area (Å²) >= 11 is 0. The molecule has 1 aromatic carbocycles. The van der Waals surface area contributed by atoms with Gasteiger partial charge in [-0.05, 0) is 36.2 Å². The van der Waals surface area contributed by atoms with E-state index in [1.807, 2.05) is 0 Å². The van der Waals surface area contributed by atoms with Gasteiger partial charge in [-0.1, -0.05) is 12.1 Å². The highest BCUT2D eigenvalue weighted by molar-refractivity contribution is 7.92. The predicted octanol–water partition coefficient (Wildman–Crippen LogP) is 1.68. The van der Waals surface area contributed by atoms with Crippen LogP contribution in [-0.4, -0.2) is 18.5 Å². The van der Waals surface area contributed by atoms with E-state index in [2.05, 4.69) is 9.71 Å². The van der Waals surface area contributed by atoms with Crippen molar-refractivity contribution in [3.63, 3.8) is 0 Å². The molecular formula is C13H14N2O3S. The summed E-state index contributed by atoms with van der Waals surface area (Å²) < 4.78 is 27.0. The van der Waals surface area contributed by atoms with E-state index >= 15 is 0 Å². The van der Waals surface area contributed by atoms with Crippen molar-refractivity contribution in [3.8, 4) is 0 Å². The summed E-state index contributed by atoms with van der Waals surface area (Å²) in [6.45, 7) is 1.48. The Morgan fingerprint density at radius 2 is 1.89 bits per heavy atom. The Bertz CT molecular complexity index is 670. The van der Waals surface area contributed by atoms with Gasteiger partial charge in [0, 0.05) is 12.4 Å². The number of nitrogens with zero attached hydrogens (tertiary/aromatic N) is 1. The number of benzene rings is 1. The minimum atomic E-state index is -3.67. The third-order valence-electron chi connectivity index (χ3n) is 2.79. The number of hydrogen-bond donors (Lipinski definition) is 2. The Kier molecular flexibility index (Phi) is 3.82. The highest BCUT2D eigenvalue weighted by Crippen LogP contribution is 2.21. The third kappa shape index (κ3) is 2.91. The van der Waals surface area contributed by atoms with Crippen molar-refractivity contribution in [2.45, 2.75) is 18.4 Å². The van der Waals surface area contributed by atoms with Crippen LogP contribution in [0.3, 0.4) is 0 Å². The molecule has 1 aromatic heterocycles. The number of aliphatic hydroxyl groups is 1. The maximum absolute atomic E-state index is 12.3. The van der Waals surface area contributed by atoms with Crippen molar-refractivity contribution in [2.75, 3.05) is 4.72 Å². The lowest BCUT2D eigenvalue weighted by Gasteiger charge is -2.12. The number of hydrogen-bond acceptors (Lipinski definition) is 4. The molecule has 0 spiro atoms. The summed E-state index contributed by atoms with van der Waals surface area (Å²) in [5.41, 5.74) is 1.59. The standard InChI is InChI=1S/C13H14N2O3S/c1-10-11(9-16)3-2-4-13(10)19(17,18)15-12-5-7-14-8-6-12/h2-8,16H,9H2,1H3,(H,14,15). The number of nitrogens with one attached hydrogen (secondary N) is 1. The topological polar surface area (TPSA) is 79.3 Å². The molecule has 6 heteroatoms. The van der Waals surface area contributed by atoms with Crippen LogP contribution < -0.4 is 4.72 Å². The van der Waals surface area contributed by atoms with Gasteiger partial charge < -0.3 is 5.11 Å². The molecule has 0 amide bonds. The maximum atomic E-state index is 12.3. The minimum Gasteiger partial charge on any atom is -0.392 e. The van der Waals surface area contributed by atoms with Crippen LogP contribution in [0.15, 0.2) is 47.6 Å². The van der Waals surface area contributed by atoms with Crippen molar-refractivity contribution >= 4 is 15.7 Å². The second-order valence-electron chi connectivity index (χ2n) is 4.04. The smallest absolute Gasteiger partial charge is 0.262 e. The first-order valence-corrected chi connectivity index (χ1v) is 7.15. The van der Waals surface area contributed by atoms with Crippen LogP contribution in [0.4, 0.5) is 5.69 Å². The average molecular weight is 278 g/mol. The maximum Gasteiger partial charge on any atom is 0.262 e. The number of sulfonamides is 1. The van der Waals surface area contributed by atoms with Gasteiger partial charge in [-0.25, -0.2) is 8.42 Å². The fourth-order valence-electron chi connectivity index (χ4n) is 1.75. The number of rotatable bonds is 4. The molecule has 2 rings (SSSR count). The van der Waals surface area contributed by atoms with Gasteiger partial charge in [-0.15, -0.1) is 0 Å². The van der Waals surface area contributed by atoms with Crippen molar-refractivity contribution in [1.29, 1.82) is 0 Å². The van der Waals surface area contributed by atoms with Crippen molar-refractivity contribution in [3.05, 3.63) is 53.9 Å². The zero-order chi connectivity index (χ0) is 13.9. The molecule has 0 aliphatic rings. The van der Waals surface area contributed by atoms with Gasteiger partial charge in [0.05, 0.1) is 17.2 Å². The van der Waals surface area contributed by atoms with Gasteiger partial charge in [0.15, 0.2) is 0 Å². The first-order chi connectivity index (χ1) is 9.04. The molecule has 2 N–H and O–H groups in total. The van der Waals surface area contributed by atoms with E-state index in [0.29, 0.717) is 16.8 Å². The fourth-order valence-corrected chi connectivity index (χ4v) is 3.10. The van der Waals surface area contributed by atoms with Gasteiger partial charge >= 0.3 is 0 Å². The van der Waals surface area contributed by atoms with Gasteiger partial charge in [0.25, 0.3) is 10.0 Å². The highest BCUT2D eigenvalue weighted by atomic mass is 32.2. The Hall–Kier alpha value is -1.92. The molecule has 0 fully saturated rings. The van der Waals surface area contributed by atoms with Crippen molar-refractivity contribution in [2.24, 2.45) is 0 Å². The van der Waals surface area contributed by atoms with Gasteiger partial charge in [-0.3, -0.25) is 9.71 Å². The Morgan fingerprint density at radius 3 is 2.53 bits per heavy atom. The number of anilines is 1. The molecule has 0 aliphatic heterocycles. The van der Waals surface area contributed by atoms with E-state index in [9.17, 15) is 13.5 Å². The summed E-state index contributed by atoms with van der Waals surface area (Å²) in [5, 5.41) is 9.17. The average Bonchev–Trinajstić information content (AvgIpc) is 2.39. The molecule has 5 nitrogen and oxygen atoms in total. The monoisotopic (exact) mass is 278 g/mol. The van der Waals surface area contributed by atoms with Gasteiger partial charge in [0.1, 0.15) is 0 Å². The summed E-state index contributed by atoms with van der Waals surface area (Å²) in [7, 11) is -3.67. The molecule has 0 saturated carbocycles. The van der Waals surface area contributed by atoms with Crippen LogP contribution in [0, 0.1) is 6.92 Å². The molecule has 0 aliphatic carbocycles. The zero-order valence-corrected chi connectivity index (χ0v) is 11.2. The molecular weight excluding hydrogens is 264 g/mol. The van der Waals surface area contributed by atoms with Crippen LogP contribution in [0.1, 0.15) is 11.1 Å². The molecule has 0 radical (unpaired) electrons. The molecule has 0 atom stereocenters. The van der Waals surface area contributed by atoms with Gasteiger partial charge in [-0.2, -0.15) is 0 Å². The number of pyridine rings is 1. The van der Waals surface area contributed by atoms with Crippen LogP contribution in [0.5, 0.6) is 0 Å². The molecule has 2 aromatic rings.